The van der Waals surface area contributed by atoms with E-state index in [0.29, 0.717) is 23.7 Å². The van der Waals surface area contributed by atoms with E-state index in [0.717, 1.165) is 9.48 Å². The molecule has 0 atom stereocenters. The number of thiazole rings is 1. The molecule has 1 heterocycles. The third kappa shape index (κ3) is 3.31. The highest BCUT2D eigenvalue weighted by Gasteiger charge is 2.12. The van der Waals surface area contributed by atoms with Crippen LogP contribution in [-0.4, -0.2) is 18.0 Å². The van der Waals surface area contributed by atoms with E-state index in [2.05, 4.69) is 26.2 Å². The minimum absolute atomic E-state index is 0.273. The predicted octanol–water partition coefficient (Wildman–Crippen LogP) is 2.63. The smallest absolute Gasteiger partial charge is 0.275 e. The number of hydrogen-bond acceptors (Lipinski definition) is 5. The van der Waals surface area contributed by atoms with Crippen LogP contribution in [-0.2, 0) is 6.54 Å². The van der Waals surface area contributed by atoms with Crippen LogP contribution in [0.4, 0.5) is 5.69 Å². The molecule has 19 heavy (non-hydrogen) atoms. The lowest BCUT2D eigenvalue weighted by molar-refractivity contribution is 0.102. The number of ether oxygens (including phenoxy) is 1. The molecule has 5 nitrogen and oxygen atoms in total. The monoisotopic (exact) mass is 341 g/mol. The van der Waals surface area contributed by atoms with Gasteiger partial charge in [-0.1, -0.05) is 0 Å². The number of methoxy groups -OCH3 is 1. The molecule has 1 aromatic heterocycles. The number of benzene rings is 1. The van der Waals surface area contributed by atoms with Crippen LogP contribution in [0.1, 0.15) is 15.5 Å². The van der Waals surface area contributed by atoms with Crippen LogP contribution in [0.25, 0.3) is 0 Å². The van der Waals surface area contributed by atoms with E-state index in [9.17, 15) is 4.79 Å². The van der Waals surface area contributed by atoms with Gasteiger partial charge in [-0.3, -0.25) is 4.79 Å². The number of rotatable bonds is 4. The van der Waals surface area contributed by atoms with Crippen LogP contribution >= 0.6 is 27.3 Å². The zero-order chi connectivity index (χ0) is 13.8. The van der Waals surface area contributed by atoms with Crippen molar-refractivity contribution in [2.24, 2.45) is 5.73 Å². The SMILES string of the molecule is COc1ccc(Br)c(NC(=O)c2csc(CN)n2)c1. The quantitative estimate of drug-likeness (QED) is 0.895. The summed E-state index contributed by atoms with van der Waals surface area (Å²) in [5.74, 6) is 0.393. The Morgan fingerprint density at radius 2 is 2.37 bits per heavy atom. The maximum absolute atomic E-state index is 12.0. The fourth-order valence-electron chi connectivity index (χ4n) is 1.42. The van der Waals surface area contributed by atoms with Gasteiger partial charge in [0.25, 0.3) is 5.91 Å². The lowest BCUT2D eigenvalue weighted by Gasteiger charge is -2.08. The number of carbonyl (C=O) groups excluding carboxylic acids is 1. The Morgan fingerprint density at radius 3 is 3.00 bits per heavy atom. The molecular weight excluding hydrogens is 330 g/mol. The normalized spacial score (nSPS) is 10.3. The molecule has 0 fully saturated rings. The fourth-order valence-corrected chi connectivity index (χ4v) is 2.42. The molecule has 0 spiro atoms. The molecule has 0 saturated carbocycles. The zero-order valence-electron chi connectivity index (χ0n) is 10.1. The number of carbonyl (C=O) groups is 1. The first-order valence-corrected chi connectivity index (χ1v) is 7.10. The molecule has 7 heteroatoms. The van der Waals surface area contributed by atoms with Gasteiger partial charge in [0.05, 0.1) is 12.8 Å². The summed E-state index contributed by atoms with van der Waals surface area (Å²) in [7, 11) is 1.57. The summed E-state index contributed by atoms with van der Waals surface area (Å²) in [6.45, 7) is 0.334. The van der Waals surface area contributed by atoms with Crippen LogP contribution in [0.15, 0.2) is 28.1 Å². The molecule has 0 aliphatic rings. The van der Waals surface area contributed by atoms with Gasteiger partial charge >= 0.3 is 0 Å². The Bertz CT molecular complexity index is 600. The Balaban J connectivity index is 2.18. The summed E-state index contributed by atoms with van der Waals surface area (Å²) in [6, 6.07) is 5.34. The number of halogens is 1. The molecule has 0 saturated heterocycles. The van der Waals surface area contributed by atoms with Gasteiger partial charge in [-0.05, 0) is 28.1 Å². The molecule has 0 radical (unpaired) electrons. The van der Waals surface area contributed by atoms with E-state index in [1.165, 1.54) is 11.3 Å². The second-order valence-electron chi connectivity index (χ2n) is 3.63. The van der Waals surface area contributed by atoms with Gasteiger partial charge in [0, 0.05) is 22.5 Å². The standard InChI is InChI=1S/C12H12BrN3O2S/c1-18-7-2-3-8(13)9(4-7)16-12(17)10-6-19-11(5-14)15-10/h2-4,6H,5,14H2,1H3,(H,16,17). The molecule has 2 aromatic rings. The van der Waals surface area contributed by atoms with Crippen LogP contribution < -0.4 is 15.8 Å². The largest absolute Gasteiger partial charge is 0.497 e. The molecule has 1 aromatic carbocycles. The summed E-state index contributed by atoms with van der Waals surface area (Å²) in [6.07, 6.45) is 0. The summed E-state index contributed by atoms with van der Waals surface area (Å²) >= 11 is 4.74. The van der Waals surface area contributed by atoms with E-state index in [4.69, 9.17) is 10.5 Å². The first-order chi connectivity index (χ1) is 9.13. The van der Waals surface area contributed by atoms with E-state index in [-0.39, 0.29) is 5.91 Å². The summed E-state index contributed by atoms with van der Waals surface area (Å²) in [5, 5.41) is 5.19. The topological polar surface area (TPSA) is 77.2 Å². The second-order valence-corrected chi connectivity index (χ2v) is 5.43. The van der Waals surface area contributed by atoms with Gasteiger partial charge in [0.1, 0.15) is 16.5 Å². The van der Waals surface area contributed by atoms with Crippen molar-refractivity contribution in [2.75, 3.05) is 12.4 Å². The summed E-state index contributed by atoms with van der Waals surface area (Å²) < 4.78 is 5.89. The molecule has 0 bridgehead atoms. The first kappa shape index (κ1) is 14.0. The van der Waals surface area contributed by atoms with Crippen molar-refractivity contribution >= 4 is 38.9 Å². The predicted molar refractivity (Wildman–Crippen MR) is 78.7 cm³/mol. The molecule has 3 N–H and O–H groups in total. The Hall–Kier alpha value is -1.44. The lowest BCUT2D eigenvalue weighted by atomic mass is 10.3. The van der Waals surface area contributed by atoms with Crippen LogP contribution in [0.2, 0.25) is 0 Å². The molecule has 1 amide bonds. The van der Waals surface area contributed by atoms with Crippen molar-refractivity contribution in [1.29, 1.82) is 0 Å². The molecule has 0 unspecified atom stereocenters. The molecular formula is C12H12BrN3O2S. The van der Waals surface area contributed by atoms with Gasteiger partial charge in [-0.2, -0.15) is 0 Å². The highest BCUT2D eigenvalue weighted by molar-refractivity contribution is 9.10. The Labute approximate surface area is 122 Å². The van der Waals surface area contributed by atoms with Crippen molar-refractivity contribution in [3.05, 3.63) is 38.8 Å². The minimum Gasteiger partial charge on any atom is -0.497 e. The van der Waals surface area contributed by atoms with Crippen molar-refractivity contribution < 1.29 is 9.53 Å². The van der Waals surface area contributed by atoms with E-state index < -0.39 is 0 Å². The average Bonchev–Trinajstić information content (AvgIpc) is 2.90. The molecule has 100 valence electrons. The number of nitrogens with zero attached hydrogens (tertiary/aromatic N) is 1. The van der Waals surface area contributed by atoms with Crippen molar-refractivity contribution in [3.8, 4) is 5.75 Å². The third-order valence-corrected chi connectivity index (χ3v) is 3.94. The first-order valence-electron chi connectivity index (χ1n) is 5.43. The third-order valence-electron chi connectivity index (χ3n) is 2.38. The number of hydrogen-bond donors (Lipinski definition) is 2. The fraction of sp³-hybridized carbons (Fsp3) is 0.167. The van der Waals surface area contributed by atoms with Gasteiger partial charge in [0.2, 0.25) is 0 Å². The summed E-state index contributed by atoms with van der Waals surface area (Å²) in [5.41, 5.74) is 6.46. The van der Waals surface area contributed by atoms with Crippen LogP contribution in [0, 0.1) is 0 Å². The average molecular weight is 342 g/mol. The van der Waals surface area contributed by atoms with Crippen molar-refractivity contribution in [2.45, 2.75) is 6.54 Å². The van der Waals surface area contributed by atoms with E-state index in [1.54, 1.807) is 30.7 Å². The van der Waals surface area contributed by atoms with E-state index in [1.807, 2.05) is 0 Å². The van der Waals surface area contributed by atoms with E-state index >= 15 is 0 Å². The molecule has 2 rings (SSSR count). The number of aromatic nitrogens is 1. The number of nitrogens with one attached hydrogen (secondary N) is 1. The lowest BCUT2D eigenvalue weighted by Crippen LogP contribution is -2.13. The number of anilines is 1. The Morgan fingerprint density at radius 1 is 1.58 bits per heavy atom. The molecule has 0 aliphatic heterocycles. The van der Waals surface area contributed by atoms with Crippen molar-refractivity contribution in [3.63, 3.8) is 0 Å². The van der Waals surface area contributed by atoms with Crippen LogP contribution in [0.5, 0.6) is 5.75 Å². The highest BCUT2D eigenvalue weighted by Crippen LogP contribution is 2.27. The van der Waals surface area contributed by atoms with Gasteiger partial charge in [-0.25, -0.2) is 4.98 Å². The van der Waals surface area contributed by atoms with Gasteiger partial charge in [-0.15, -0.1) is 11.3 Å². The maximum Gasteiger partial charge on any atom is 0.275 e. The van der Waals surface area contributed by atoms with Crippen LogP contribution in [0.3, 0.4) is 0 Å². The Kier molecular flexibility index (Phi) is 4.52. The van der Waals surface area contributed by atoms with Gasteiger partial charge < -0.3 is 15.8 Å². The zero-order valence-corrected chi connectivity index (χ0v) is 12.5. The highest BCUT2D eigenvalue weighted by atomic mass is 79.9. The second kappa shape index (κ2) is 6.14. The van der Waals surface area contributed by atoms with Crippen molar-refractivity contribution in [1.82, 2.24) is 4.98 Å². The number of nitrogens with two attached hydrogens (primary N) is 1. The minimum atomic E-state index is -0.273. The summed E-state index contributed by atoms with van der Waals surface area (Å²) in [4.78, 5) is 16.2. The number of amides is 1. The molecule has 0 aliphatic carbocycles. The maximum atomic E-state index is 12.0. The van der Waals surface area contributed by atoms with Gasteiger partial charge in [0.15, 0.2) is 0 Å².